The lowest BCUT2D eigenvalue weighted by Gasteiger charge is -2.02. The summed E-state index contributed by atoms with van der Waals surface area (Å²) in [5.41, 5.74) is 2.56. The normalized spacial score (nSPS) is 12.9. The smallest absolute Gasteiger partial charge is 0.355 e. The number of allylic oxidation sites excluding steroid dienone is 2. The summed E-state index contributed by atoms with van der Waals surface area (Å²) >= 11 is 1.07. The Morgan fingerprint density at radius 2 is 2.05 bits per heavy atom. The molecule has 0 aliphatic heterocycles. The molecule has 0 amide bonds. The molecule has 4 nitrogen and oxygen atoms in total. The number of carbonyl (C=O) groups is 2. The highest BCUT2D eigenvalue weighted by molar-refractivity contribution is 7.12. The van der Waals surface area contributed by atoms with Gasteiger partial charge in [0.1, 0.15) is 0 Å². The number of aromatic nitrogens is 1. The molecule has 0 saturated heterocycles. The van der Waals surface area contributed by atoms with Gasteiger partial charge in [-0.1, -0.05) is 30.3 Å². The third-order valence-corrected chi connectivity index (χ3v) is 3.84. The Morgan fingerprint density at radius 3 is 2.79 bits per heavy atom. The highest BCUT2D eigenvalue weighted by Crippen LogP contribution is 2.30. The average Bonchev–Trinajstić information content (AvgIpc) is 3.05. The fourth-order valence-corrected chi connectivity index (χ4v) is 2.83. The Labute approximate surface area is 113 Å². The van der Waals surface area contributed by atoms with Crippen molar-refractivity contribution in [2.45, 2.75) is 6.42 Å². The van der Waals surface area contributed by atoms with E-state index in [0.717, 1.165) is 28.9 Å². The average molecular weight is 271 g/mol. The van der Waals surface area contributed by atoms with E-state index in [-0.39, 0.29) is 16.5 Å². The number of Topliss-reactive ketones (excluding diaryl/α,β-unsaturated/α-hetero) is 1. The van der Waals surface area contributed by atoms with Crippen molar-refractivity contribution in [1.82, 2.24) is 4.98 Å². The number of thiazole rings is 1. The minimum absolute atomic E-state index is 0.0831. The van der Waals surface area contributed by atoms with Crippen LogP contribution in [0.5, 0.6) is 0 Å². The summed E-state index contributed by atoms with van der Waals surface area (Å²) in [6.45, 7) is 0. The van der Waals surface area contributed by atoms with Gasteiger partial charge in [-0.15, -0.1) is 11.3 Å². The van der Waals surface area contributed by atoms with Crippen LogP contribution in [0.15, 0.2) is 35.7 Å². The number of carboxylic acid groups (broad SMARTS) is 1. The van der Waals surface area contributed by atoms with Gasteiger partial charge < -0.3 is 5.11 Å². The van der Waals surface area contributed by atoms with Gasteiger partial charge >= 0.3 is 5.97 Å². The van der Waals surface area contributed by atoms with Crippen molar-refractivity contribution in [3.05, 3.63) is 57.6 Å². The number of benzene rings is 1. The number of carboxylic acids is 1. The largest absolute Gasteiger partial charge is 0.476 e. The summed E-state index contributed by atoms with van der Waals surface area (Å²) in [6, 6.07) is 7.70. The first-order valence-corrected chi connectivity index (χ1v) is 6.57. The van der Waals surface area contributed by atoms with Crippen LogP contribution in [0.2, 0.25) is 0 Å². The molecular formula is C14H9NO3S. The number of nitrogens with zero attached hydrogens (tertiary/aromatic N) is 1. The van der Waals surface area contributed by atoms with Gasteiger partial charge in [0.15, 0.2) is 10.7 Å². The van der Waals surface area contributed by atoms with E-state index in [4.69, 9.17) is 5.11 Å². The van der Waals surface area contributed by atoms with E-state index in [1.165, 1.54) is 5.38 Å². The molecule has 0 fully saturated rings. The van der Waals surface area contributed by atoms with Crippen LogP contribution in [0.3, 0.4) is 0 Å². The predicted molar refractivity (Wildman–Crippen MR) is 71.5 cm³/mol. The van der Waals surface area contributed by atoms with Crippen LogP contribution in [-0.2, 0) is 6.42 Å². The zero-order valence-electron chi connectivity index (χ0n) is 9.79. The van der Waals surface area contributed by atoms with Crippen LogP contribution in [-0.4, -0.2) is 21.8 Å². The molecule has 0 spiro atoms. The van der Waals surface area contributed by atoms with Crippen LogP contribution in [0, 0.1) is 0 Å². The summed E-state index contributed by atoms with van der Waals surface area (Å²) in [5, 5.41) is 10.4. The number of rotatable bonds is 3. The maximum absolute atomic E-state index is 12.3. The lowest BCUT2D eigenvalue weighted by molar-refractivity contribution is 0.0691. The van der Waals surface area contributed by atoms with E-state index >= 15 is 0 Å². The quantitative estimate of drug-likeness (QED) is 0.871. The standard InChI is InChI=1S/C14H9NO3S/c16-12(13-15-11(7-19-13)14(17)18)10-6-5-8-3-1-2-4-9(8)10/h1-4,6-7H,5H2,(H,17,18). The lowest BCUT2D eigenvalue weighted by atomic mass is 10.0. The lowest BCUT2D eigenvalue weighted by Crippen LogP contribution is -2.03. The molecule has 0 atom stereocenters. The molecule has 0 saturated carbocycles. The Bertz CT molecular complexity index is 715. The van der Waals surface area contributed by atoms with Gasteiger partial charge in [-0.3, -0.25) is 4.79 Å². The maximum Gasteiger partial charge on any atom is 0.355 e. The van der Waals surface area contributed by atoms with E-state index in [1.54, 1.807) is 0 Å². The van der Waals surface area contributed by atoms with Crippen LogP contribution < -0.4 is 0 Å². The van der Waals surface area contributed by atoms with Crippen LogP contribution >= 0.6 is 11.3 Å². The summed E-state index contributed by atoms with van der Waals surface area (Å²) in [6.07, 6.45) is 2.60. The van der Waals surface area contributed by atoms with Crippen molar-refractivity contribution in [3.8, 4) is 0 Å². The minimum atomic E-state index is -1.11. The molecular weight excluding hydrogens is 262 g/mol. The molecule has 1 aliphatic carbocycles. The third-order valence-electron chi connectivity index (χ3n) is 3.00. The molecule has 2 aromatic rings. The van der Waals surface area contributed by atoms with E-state index in [1.807, 2.05) is 30.3 Å². The number of aromatic carboxylic acids is 1. The second-order valence-corrected chi connectivity index (χ2v) is 5.01. The molecule has 1 N–H and O–H groups in total. The first-order valence-electron chi connectivity index (χ1n) is 5.69. The topological polar surface area (TPSA) is 67.3 Å². The molecule has 5 heteroatoms. The fourth-order valence-electron chi connectivity index (χ4n) is 2.09. The SMILES string of the molecule is O=C(O)c1csc(C(=O)C2=CCc3ccccc32)n1. The van der Waals surface area contributed by atoms with Crippen molar-refractivity contribution in [2.75, 3.05) is 0 Å². The maximum atomic E-state index is 12.3. The van der Waals surface area contributed by atoms with Gasteiger partial charge in [0.2, 0.25) is 5.78 Å². The molecule has 0 bridgehead atoms. The molecule has 19 heavy (non-hydrogen) atoms. The highest BCUT2D eigenvalue weighted by atomic mass is 32.1. The van der Waals surface area contributed by atoms with Gasteiger partial charge in [-0.2, -0.15) is 0 Å². The van der Waals surface area contributed by atoms with Gasteiger partial charge in [-0.25, -0.2) is 9.78 Å². The van der Waals surface area contributed by atoms with E-state index in [9.17, 15) is 9.59 Å². The molecule has 3 rings (SSSR count). The second kappa shape index (κ2) is 4.44. The molecule has 1 aliphatic rings. The monoisotopic (exact) mass is 271 g/mol. The van der Waals surface area contributed by atoms with Gasteiger partial charge in [0, 0.05) is 11.0 Å². The number of hydrogen-bond acceptors (Lipinski definition) is 4. The zero-order valence-corrected chi connectivity index (χ0v) is 10.6. The van der Waals surface area contributed by atoms with Crippen LogP contribution in [0.25, 0.3) is 5.57 Å². The summed E-state index contributed by atoms with van der Waals surface area (Å²) in [4.78, 5) is 27.0. The number of fused-ring (bicyclic) bond motifs is 1. The Balaban J connectivity index is 1.95. The minimum Gasteiger partial charge on any atom is -0.476 e. The highest BCUT2D eigenvalue weighted by Gasteiger charge is 2.23. The molecule has 0 radical (unpaired) electrons. The van der Waals surface area contributed by atoms with Crippen molar-refractivity contribution in [1.29, 1.82) is 0 Å². The van der Waals surface area contributed by atoms with Crippen LogP contribution in [0.1, 0.15) is 31.4 Å². The number of ketones is 1. The Kier molecular flexibility index (Phi) is 2.76. The molecule has 1 aromatic carbocycles. The van der Waals surface area contributed by atoms with Gasteiger partial charge in [0.25, 0.3) is 0 Å². The third kappa shape index (κ3) is 1.98. The predicted octanol–water partition coefficient (Wildman–Crippen LogP) is 2.66. The molecule has 1 heterocycles. The second-order valence-electron chi connectivity index (χ2n) is 4.15. The van der Waals surface area contributed by atoms with Crippen molar-refractivity contribution in [2.24, 2.45) is 0 Å². The molecule has 0 unspecified atom stereocenters. The van der Waals surface area contributed by atoms with Crippen molar-refractivity contribution < 1.29 is 14.7 Å². The summed E-state index contributed by atoms with van der Waals surface area (Å²) < 4.78 is 0. The number of hydrogen-bond donors (Lipinski definition) is 1. The molecule has 94 valence electrons. The first kappa shape index (κ1) is 11.8. The van der Waals surface area contributed by atoms with E-state index in [2.05, 4.69) is 4.98 Å². The first-order chi connectivity index (χ1) is 9.16. The van der Waals surface area contributed by atoms with Gasteiger partial charge in [-0.05, 0) is 17.5 Å². The van der Waals surface area contributed by atoms with E-state index in [0.29, 0.717) is 5.57 Å². The van der Waals surface area contributed by atoms with Gasteiger partial charge in [0.05, 0.1) is 0 Å². The Morgan fingerprint density at radius 1 is 1.26 bits per heavy atom. The van der Waals surface area contributed by atoms with Crippen molar-refractivity contribution in [3.63, 3.8) is 0 Å². The Hall–Kier alpha value is -2.27. The van der Waals surface area contributed by atoms with E-state index < -0.39 is 5.97 Å². The summed E-state index contributed by atoms with van der Waals surface area (Å²) in [7, 11) is 0. The number of carbonyl (C=O) groups excluding carboxylic acids is 1. The van der Waals surface area contributed by atoms with Crippen molar-refractivity contribution >= 4 is 28.7 Å². The van der Waals surface area contributed by atoms with Crippen LogP contribution in [0.4, 0.5) is 0 Å². The zero-order chi connectivity index (χ0) is 13.4. The summed E-state index contributed by atoms with van der Waals surface area (Å²) in [5.74, 6) is -1.32. The fraction of sp³-hybridized carbons (Fsp3) is 0.0714. The molecule has 1 aromatic heterocycles.